The van der Waals surface area contributed by atoms with Crippen LogP contribution in [0.4, 0.5) is 4.39 Å². The van der Waals surface area contributed by atoms with Gasteiger partial charge in [0.1, 0.15) is 6.10 Å². The minimum absolute atomic E-state index is 0.0929. The second-order valence-electron chi connectivity index (χ2n) is 7.22. The lowest BCUT2D eigenvalue weighted by Gasteiger charge is -2.32. The third-order valence-electron chi connectivity index (χ3n) is 5.33. The van der Waals surface area contributed by atoms with Gasteiger partial charge >= 0.3 is 0 Å². The number of amides is 1. The number of carbonyl (C=O) groups is 1. The number of hydrogen-bond acceptors (Lipinski definition) is 3. The summed E-state index contributed by atoms with van der Waals surface area (Å²) in [4.78, 5) is 18.0. The molecule has 0 aliphatic carbocycles. The zero-order valence-corrected chi connectivity index (χ0v) is 17.0. The lowest BCUT2D eigenvalue weighted by atomic mass is 10.0. The molecule has 0 atom stereocenters. The van der Waals surface area contributed by atoms with Gasteiger partial charge in [0.2, 0.25) is 5.91 Å². The molecule has 150 valence electrons. The normalized spacial score (nSPS) is 14.9. The first-order valence-corrected chi connectivity index (χ1v) is 10.2. The van der Waals surface area contributed by atoms with Gasteiger partial charge in [0.25, 0.3) is 0 Å². The first-order valence-electron chi connectivity index (χ1n) is 9.84. The number of likely N-dealkylation sites (tertiary alicyclic amines) is 1. The van der Waals surface area contributed by atoms with Crippen molar-refractivity contribution in [2.24, 2.45) is 0 Å². The Morgan fingerprint density at radius 1 is 1.24 bits per heavy atom. The van der Waals surface area contributed by atoms with Gasteiger partial charge in [-0.1, -0.05) is 30.7 Å². The van der Waals surface area contributed by atoms with Crippen molar-refractivity contribution in [2.75, 3.05) is 13.1 Å². The van der Waals surface area contributed by atoms with Crippen LogP contribution in [0.15, 0.2) is 48.7 Å². The summed E-state index contributed by atoms with van der Waals surface area (Å²) in [5.74, 6) is -0.0449. The molecule has 1 aromatic heterocycles. The van der Waals surface area contributed by atoms with Gasteiger partial charge in [0.15, 0.2) is 11.6 Å². The van der Waals surface area contributed by atoms with Crippen molar-refractivity contribution in [3.05, 3.63) is 59.5 Å². The number of carbonyl (C=O) groups excluding carboxylic acids is 1. The minimum Gasteiger partial charge on any atom is -0.487 e. The number of fused-ring (bicyclic) bond motifs is 1. The highest BCUT2D eigenvalue weighted by atomic mass is 35.5. The summed E-state index contributed by atoms with van der Waals surface area (Å²) in [6.45, 7) is 3.16. The van der Waals surface area contributed by atoms with Crippen molar-refractivity contribution in [1.29, 1.82) is 0 Å². The highest BCUT2D eigenvalue weighted by Gasteiger charge is 2.24. The van der Waals surface area contributed by atoms with Crippen molar-refractivity contribution in [3.8, 4) is 16.9 Å². The van der Waals surface area contributed by atoms with E-state index in [2.05, 4.69) is 4.98 Å². The maximum Gasteiger partial charge on any atom is 0.222 e. The Morgan fingerprint density at radius 2 is 2.03 bits per heavy atom. The molecule has 3 aromatic rings. The van der Waals surface area contributed by atoms with E-state index >= 15 is 0 Å². The Bertz CT molecular complexity index is 1050. The van der Waals surface area contributed by atoms with Gasteiger partial charge in [-0.15, -0.1) is 0 Å². The molecule has 0 N–H and O–H groups in total. The molecule has 29 heavy (non-hydrogen) atoms. The molecule has 0 radical (unpaired) electrons. The van der Waals surface area contributed by atoms with Crippen molar-refractivity contribution < 1.29 is 13.9 Å². The zero-order valence-electron chi connectivity index (χ0n) is 16.2. The third kappa shape index (κ3) is 4.20. The number of rotatable bonds is 4. The van der Waals surface area contributed by atoms with E-state index in [1.54, 1.807) is 12.3 Å². The predicted octanol–water partition coefficient (Wildman–Crippen LogP) is 5.47. The topological polar surface area (TPSA) is 42.4 Å². The average Bonchev–Trinajstić information content (AvgIpc) is 2.74. The largest absolute Gasteiger partial charge is 0.487 e. The lowest BCUT2D eigenvalue weighted by molar-refractivity contribution is -0.132. The molecule has 4 rings (SSSR count). The molecule has 1 saturated heterocycles. The molecule has 6 heteroatoms. The molecule has 1 aliphatic heterocycles. The van der Waals surface area contributed by atoms with Gasteiger partial charge in [-0.3, -0.25) is 9.78 Å². The van der Waals surface area contributed by atoms with Crippen molar-refractivity contribution in [1.82, 2.24) is 9.88 Å². The van der Waals surface area contributed by atoms with Crippen molar-refractivity contribution in [3.63, 3.8) is 0 Å². The standard InChI is InChI=1S/C23H22ClFN2O2/c1-2-23(28)27-10-7-17(8-11-27)29-22-6-5-15(13-20(22)25)18-14-21-16(12-19(18)24)4-3-9-26-21/h3-6,9,12-14,17H,2,7-8,10-11H2,1H3. The van der Waals surface area contributed by atoms with Crippen LogP contribution in [-0.2, 0) is 4.79 Å². The number of halogens is 2. The van der Waals surface area contributed by atoms with Gasteiger partial charge in [0.05, 0.1) is 5.52 Å². The second-order valence-corrected chi connectivity index (χ2v) is 7.63. The van der Waals surface area contributed by atoms with Crippen molar-refractivity contribution in [2.45, 2.75) is 32.3 Å². The Labute approximate surface area is 174 Å². The van der Waals surface area contributed by atoms with Crippen LogP contribution in [0, 0.1) is 5.82 Å². The van der Waals surface area contributed by atoms with Crippen LogP contribution in [0.2, 0.25) is 5.02 Å². The van der Waals surface area contributed by atoms with Crippen LogP contribution in [-0.4, -0.2) is 35.0 Å². The fraction of sp³-hybridized carbons (Fsp3) is 0.304. The van der Waals surface area contributed by atoms with E-state index in [9.17, 15) is 9.18 Å². The number of aromatic nitrogens is 1. The van der Waals surface area contributed by atoms with E-state index in [-0.39, 0.29) is 17.8 Å². The van der Waals surface area contributed by atoms with Gasteiger partial charge in [-0.05, 0) is 35.9 Å². The number of ether oxygens (including phenoxy) is 1. The molecule has 0 saturated carbocycles. The number of nitrogens with zero attached hydrogens (tertiary/aromatic N) is 2. The Hall–Kier alpha value is -2.66. The molecule has 0 bridgehead atoms. The van der Waals surface area contributed by atoms with Crippen LogP contribution in [0.5, 0.6) is 5.75 Å². The van der Waals surface area contributed by atoms with Crippen LogP contribution < -0.4 is 4.74 Å². The molecule has 2 heterocycles. The van der Waals surface area contributed by atoms with Crippen LogP contribution in [0.3, 0.4) is 0 Å². The fourth-order valence-corrected chi connectivity index (χ4v) is 3.99. The number of hydrogen-bond donors (Lipinski definition) is 0. The van der Waals surface area contributed by atoms with Crippen LogP contribution in [0.1, 0.15) is 26.2 Å². The molecule has 1 fully saturated rings. The predicted molar refractivity (Wildman–Crippen MR) is 113 cm³/mol. The quantitative estimate of drug-likeness (QED) is 0.570. The number of piperidine rings is 1. The monoisotopic (exact) mass is 412 g/mol. The average molecular weight is 413 g/mol. The molecule has 1 aliphatic rings. The lowest BCUT2D eigenvalue weighted by Crippen LogP contribution is -2.41. The zero-order chi connectivity index (χ0) is 20.4. The maximum absolute atomic E-state index is 14.7. The highest BCUT2D eigenvalue weighted by molar-refractivity contribution is 6.34. The summed E-state index contributed by atoms with van der Waals surface area (Å²) in [7, 11) is 0. The molecule has 1 amide bonds. The third-order valence-corrected chi connectivity index (χ3v) is 5.64. The van der Waals surface area contributed by atoms with E-state index in [0.29, 0.717) is 42.9 Å². The molecule has 2 aromatic carbocycles. The highest BCUT2D eigenvalue weighted by Crippen LogP contribution is 2.34. The summed E-state index contributed by atoms with van der Waals surface area (Å²) in [5.41, 5.74) is 2.21. The van der Waals surface area contributed by atoms with E-state index < -0.39 is 5.82 Å². The summed E-state index contributed by atoms with van der Waals surface area (Å²) < 4.78 is 20.6. The van der Waals surface area contributed by atoms with Gasteiger partial charge in [-0.25, -0.2) is 4.39 Å². The first kappa shape index (κ1) is 19.6. The van der Waals surface area contributed by atoms with Gasteiger partial charge in [0, 0.05) is 54.5 Å². The summed E-state index contributed by atoms with van der Waals surface area (Å²) in [6, 6.07) is 12.4. The molecular formula is C23H22ClFN2O2. The Balaban J connectivity index is 1.50. The molecule has 0 unspecified atom stereocenters. The number of benzene rings is 2. The van der Waals surface area contributed by atoms with E-state index in [0.717, 1.165) is 16.5 Å². The smallest absolute Gasteiger partial charge is 0.222 e. The minimum atomic E-state index is -0.424. The Morgan fingerprint density at radius 3 is 2.76 bits per heavy atom. The fourth-order valence-electron chi connectivity index (χ4n) is 3.70. The first-order chi connectivity index (χ1) is 14.0. The molecule has 4 nitrogen and oxygen atoms in total. The summed E-state index contributed by atoms with van der Waals surface area (Å²) >= 11 is 6.42. The van der Waals surface area contributed by atoms with Gasteiger partial charge < -0.3 is 9.64 Å². The van der Waals surface area contributed by atoms with Gasteiger partial charge in [-0.2, -0.15) is 0 Å². The van der Waals surface area contributed by atoms with Crippen LogP contribution in [0.25, 0.3) is 22.0 Å². The summed E-state index contributed by atoms with van der Waals surface area (Å²) in [6.07, 6.45) is 3.54. The van der Waals surface area contributed by atoms with E-state index in [1.165, 1.54) is 6.07 Å². The number of pyridine rings is 1. The molecule has 0 spiro atoms. The Kier molecular flexibility index (Phi) is 5.67. The maximum atomic E-state index is 14.7. The van der Waals surface area contributed by atoms with E-state index in [1.807, 2.05) is 42.2 Å². The van der Waals surface area contributed by atoms with Crippen LogP contribution >= 0.6 is 11.6 Å². The second kappa shape index (κ2) is 8.37. The van der Waals surface area contributed by atoms with Crippen molar-refractivity contribution >= 4 is 28.4 Å². The van der Waals surface area contributed by atoms with E-state index in [4.69, 9.17) is 16.3 Å². The SMILES string of the molecule is CCC(=O)N1CCC(Oc2ccc(-c3cc4ncccc4cc3Cl)cc2F)CC1. The summed E-state index contributed by atoms with van der Waals surface area (Å²) in [5, 5.41) is 1.49. The molecular weight excluding hydrogens is 391 g/mol.